The number of carboxylic acid groups (broad SMARTS) is 5. The van der Waals surface area contributed by atoms with Crippen LogP contribution in [0.15, 0.2) is 0 Å². The maximum Gasteiger partial charge on any atom is 4.00 e. The van der Waals surface area contributed by atoms with Crippen molar-refractivity contribution in [3.63, 3.8) is 0 Å². The fraction of sp³-hybridized carbons (Fsp3) is 0.500. The van der Waals surface area contributed by atoms with E-state index in [0.29, 0.717) is 0 Å². The van der Waals surface area contributed by atoms with E-state index in [2.05, 4.69) is 0 Å². The molecule has 0 spiro atoms. The molecule has 0 saturated heterocycles. The van der Waals surface area contributed by atoms with Gasteiger partial charge in [-0.05, 0) is 27.7 Å². The Bertz CT molecular complexity index is 211. The maximum absolute atomic E-state index is 9.00. The van der Waals surface area contributed by atoms with Gasteiger partial charge >= 0.3 is 41.7 Å². The van der Waals surface area contributed by atoms with E-state index in [1.54, 1.807) is 0 Å². The van der Waals surface area contributed by atoms with Crippen LogP contribution in [-0.4, -0.2) is 35.0 Å². The van der Waals surface area contributed by atoms with Crippen molar-refractivity contribution in [2.45, 2.75) is 34.6 Å². The normalized spacial score (nSPS) is 5.95. The Balaban J connectivity index is -0.0000000331. The molecule has 0 fully saturated rings. The summed E-state index contributed by atoms with van der Waals surface area (Å²) in [5.74, 6) is -5.17. The van der Waals surface area contributed by atoms with Crippen LogP contribution in [0.1, 0.15) is 34.6 Å². The van der Waals surface area contributed by atoms with Crippen LogP contribution in [0.4, 0.5) is 0 Å². The summed E-state index contributed by atoms with van der Waals surface area (Å²) in [6.07, 6.45) is 0. The molecule has 120 valence electrons. The van der Waals surface area contributed by atoms with Gasteiger partial charge in [0.1, 0.15) is 0 Å². The molecular weight excluding hydrogens is 420 g/mol. The number of aliphatic carboxylic acids is 5. The van der Waals surface area contributed by atoms with Gasteiger partial charge in [-0.25, -0.2) is 0 Å². The second-order valence-electron chi connectivity index (χ2n) is 2.49. The van der Waals surface area contributed by atoms with Gasteiger partial charge in [0.2, 0.25) is 0 Å². The molecule has 0 rings (SSSR count). The van der Waals surface area contributed by atoms with E-state index in [4.69, 9.17) is 49.5 Å². The van der Waals surface area contributed by atoms with Crippen molar-refractivity contribution >= 4 is 29.8 Å². The minimum Gasteiger partial charge on any atom is -0.550 e. The van der Waals surface area contributed by atoms with Crippen LogP contribution in [0.5, 0.6) is 0 Å². The van der Waals surface area contributed by atoms with E-state index < -0.39 is 29.8 Å². The van der Waals surface area contributed by atoms with E-state index >= 15 is 0 Å². The molecule has 10 nitrogen and oxygen atoms in total. The van der Waals surface area contributed by atoms with Crippen LogP contribution in [-0.2, 0) is 24.0 Å². The zero-order valence-corrected chi connectivity index (χ0v) is 15.3. The molecule has 0 aromatic heterocycles. The van der Waals surface area contributed by atoms with E-state index in [1.807, 2.05) is 0 Å². The van der Waals surface area contributed by atoms with Gasteiger partial charge in [-0.15, -0.1) is 0 Å². The number of hydrogen-bond acceptors (Lipinski definition) is 9. The smallest absolute Gasteiger partial charge is 0.550 e. The Morgan fingerprint density at radius 1 is 0.571 bits per heavy atom. The molecule has 0 bridgehead atoms. The topological polar surface area (TPSA) is 198 Å². The van der Waals surface area contributed by atoms with Crippen LogP contribution in [0, 0.1) is 41.7 Å². The third-order valence-corrected chi connectivity index (χ3v) is 0. The van der Waals surface area contributed by atoms with Crippen LogP contribution < -0.4 is 20.4 Å². The Morgan fingerprint density at radius 2 is 0.571 bits per heavy atom. The maximum atomic E-state index is 9.00. The average Bonchev–Trinajstić information content (AvgIpc) is 1.94. The quantitative estimate of drug-likeness (QED) is 0.384. The van der Waals surface area contributed by atoms with Crippen molar-refractivity contribution in [1.82, 2.24) is 0 Å². The summed E-state index contributed by atoms with van der Waals surface area (Å²) in [4.78, 5) is 44.6. The van der Waals surface area contributed by atoms with Gasteiger partial charge in [0.05, 0.1) is 0 Å². The van der Waals surface area contributed by atoms with E-state index in [-0.39, 0.29) is 41.7 Å². The Kier molecular flexibility index (Phi) is 54.6. The fourth-order valence-electron chi connectivity index (χ4n) is 0. The Labute approximate surface area is 155 Å². The zero-order valence-electron chi connectivity index (χ0n) is 12.1. The van der Waals surface area contributed by atoms with Crippen molar-refractivity contribution in [3.8, 4) is 0 Å². The van der Waals surface area contributed by atoms with E-state index in [1.165, 1.54) is 0 Å². The third-order valence-electron chi connectivity index (χ3n) is 0. The molecular formula is C10H16CeO10. The van der Waals surface area contributed by atoms with Gasteiger partial charge in [0.25, 0.3) is 5.97 Å². The van der Waals surface area contributed by atoms with E-state index in [0.717, 1.165) is 34.6 Å². The summed E-state index contributed by atoms with van der Waals surface area (Å²) in [6, 6.07) is 0. The molecule has 0 heterocycles. The first kappa shape index (κ1) is 36.7. The third kappa shape index (κ3) is 3230. The summed E-state index contributed by atoms with van der Waals surface area (Å²) < 4.78 is 0. The molecule has 0 aromatic carbocycles. The molecule has 0 aliphatic heterocycles. The summed E-state index contributed by atoms with van der Waals surface area (Å²) in [5, 5.41) is 43.0. The first-order valence-electron chi connectivity index (χ1n) is 4.56. The number of carbonyl (C=O) groups excluding carboxylic acids is 4. The van der Waals surface area contributed by atoms with Crippen LogP contribution in [0.25, 0.3) is 0 Å². The second-order valence-corrected chi connectivity index (χ2v) is 2.49. The zero-order chi connectivity index (χ0) is 17.9. The average molecular weight is 436 g/mol. The minimum absolute atomic E-state index is 0. The van der Waals surface area contributed by atoms with Crippen molar-refractivity contribution < 1.29 is 91.3 Å². The largest absolute Gasteiger partial charge is 4.00 e. The molecule has 0 saturated carbocycles. The standard InChI is InChI=1S/5C2H4O2.Ce/c5*1-2(3)4;/h5*1H3,(H,3,4);/q;;;;;+4/p-4. The summed E-state index contributed by atoms with van der Waals surface area (Å²) in [5.41, 5.74) is 0. The Morgan fingerprint density at radius 3 is 0.571 bits per heavy atom. The second kappa shape index (κ2) is 31.2. The van der Waals surface area contributed by atoms with Crippen molar-refractivity contribution in [3.05, 3.63) is 0 Å². The Hall–Kier alpha value is -1.27. The predicted molar refractivity (Wildman–Crippen MR) is 56.0 cm³/mol. The number of carboxylic acids is 5. The molecule has 0 unspecified atom stereocenters. The monoisotopic (exact) mass is 436 g/mol. The SMILES string of the molecule is CC(=O)O.CC(=O)[O-].CC(=O)[O-].CC(=O)[O-].CC(=O)[O-].[Ce+4]. The molecule has 0 amide bonds. The van der Waals surface area contributed by atoms with E-state index in [9.17, 15) is 0 Å². The minimum atomic E-state index is -1.08. The summed E-state index contributed by atoms with van der Waals surface area (Å²) >= 11 is 0. The first-order chi connectivity index (χ1) is 8.66. The van der Waals surface area contributed by atoms with Crippen LogP contribution in [0.2, 0.25) is 0 Å². The van der Waals surface area contributed by atoms with Crippen LogP contribution >= 0.6 is 0 Å². The molecule has 0 aromatic rings. The molecule has 0 aliphatic rings. The van der Waals surface area contributed by atoms with Gasteiger partial charge < -0.3 is 44.7 Å². The first-order valence-corrected chi connectivity index (χ1v) is 4.56. The molecule has 0 radical (unpaired) electrons. The van der Waals surface area contributed by atoms with Crippen molar-refractivity contribution in [1.29, 1.82) is 0 Å². The van der Waals surface area contributed by atoms with Gasteiger partial charge in [0, 0.05) is 30.8 Å². The van der Waals surface area contributed by atoms with Gasteiger partial charge in [-0.1, -0.05) is 0 Å². The van der Waals surface area contributed by atoms with Gasteiger partial charge in [0.15, 0.2) is 0 Å². The van der Waals surface area contributed by atoms with Gasteiger partial charge in [-0.2, -0.15) is 0 Å². The van der Waals surface area contributed by atoms with Crippen LogP contribution in [0.3, 0.4) is 0 Å². The number of rotatable bonds is 0. The fourth-order valence-corrected chi connectivity index (χ4v) is 0. The number of hydrogen-bond donors (Lipinski definition) is 1. The predicted octanol–water partition coefficient (Wildman–Crippen LogP) is -4.88. The molecule has 0 aliphatic carbocycles. The molecule has 0 atom stereocenters. The molecule has 21 heavy (non-hydrogen) atoms. The van der Waals surface area contributed by atoms with Crippen molar-refractivity contribution in [2.75, 3.05) is 0 Å². The summed E-state index contributed by atoms with van der Waals surface area (Å²) in [6.45, 7) is 4.97. The molecule has 1 N–H and O–H groups in total. The molecule has 11 heteroatoms. The van der Waals surface area contributed by atoms with Gasteiger partial charge in [-0.3, -0.25) is 4.79 Å². The summed E-state index contributed by atoms with van der Waals surface area (Å²) in [7, 11) is 0. The van der Waals surface area contributed by atoms with Crippen molar-refractivity contribution in [2.24, 2.45) is 0 Å². The number of carbonyl (C=O) groups is 5.